The molecule has 0 radical (unpaired) electrons. The van der Waals surface area contributed by atoms with Gasteiger partial charge in [0, 0.05) is 21.9 Å². The van der Waals surface area contributed by atoms with E-state index >= 15 is 0 Å². The summed E-state index contributed by atoms with van der Waals surface area (Å²) in [6.45, 7) is 0.102. The molecule has 24 heavy (non-hydrogen) atoms. The lowest BCUT2D eigenvalue weighted by Crippen LogP contribution is -2.28. The Labute approximate surface area is 141 Å². The molecule has 0 aliphatic carbocycles. The molecule has 0 fully saturated rings. The molecule has 6 nitrogen and oxygen atoms in total. The van der Waals surface area contributed by atoms with Gasteiger partial charge in [0.15, 0.2) is 6.61 Å². The Morgan fingerprint density at radius 3 is 2.96 bits per heavy atom. The van der Waals surface area contributed by atoms with Crippen molar-refractivity contribution in [2.45, 2.75) is 13.0 Å². The van der Waals surface area contributed by atoms with Gasteiger partial charge in [-0.25, -0.2) is 0 Å². The minimum absolute atomic E-state index is 0.00399. The number of hydrogen-bond acceptors (Lipinski definition) is 6. The summed E-state index contributed by atoms with van der Waals surface area (Å²) in [6, 6.07) is 8.48. The van der Waals surface area contributed by atoms with Crippen molar-refractivity contribution >= 4 is 34.2 Å². The van der Waals surface area contributed by atoms with E-state index in [0.717, 1.165) is 10.3 Å². The lowest BCUT2D eigenvalue weighted by atomic mass is 10.1. The zero-order chi connectivity index (χ0) is 16.9. The molecule has 2 heterocycles. The summed E-state index contributed by atoms with van der Waals surface area (Å²) in [4.78, 5) is 24.6. The van der Waals surface area contributed by atoms with Gasteiger partial charge in [0.25, 0.3) is 5.91 Å². The van der Waals surface area contributed by atoms with E-state index in [1.807, 2.05) is 17.5 Å². The first-order valence-corrected chi connectivity index (χ1v) is 8.13. The molecule has 1 aromatic carbocycles. The minimum Gasteiger partial charge on any atom is -0.508 e. The lowest BCUT2D eigenvalue weighted by molar-refractivity contribution is -0.147. The predicted molar refractivity (Wildman–Crippen MR) is 88.7 cm³/mol. The SMILES string of the molecule is O=C(COC(=O)Cc1coc2cc(O)ccc12)NCc1cccs1. The van der Waals surface area contributed by atoms with Crippen LogP contribution in [0.2, 0.25) is 0 Å². The van der Waals surface area contributed by atoms with Crippen molar-refractivity contribution in [3.8, 4) is 5.75 Å². The molecule has 0 aliphatic rings. The molecule has 2 aromatic heterocycles. The van der Waals surface area contributed by atoms with Crippen LogP contribution in [-0.4, -0.2) is 23.6 Å². The van der Waals surface area contributed by atoms with Crippen LogP contribution >= 0.6 is 11.3 Å². The van der Waals surface area contributed by atoms with Crippen molar-refractivity contribution in [1.29, 1.82) is 0 Å². The second-order valence-electron chi connectivity index (χ2n) is 5.13. The Kier molecular flexibility index (Phi) is 4.81. The Bertz CT molecular complexity index is 853. The van der Waals surface area contributed by atoms with E-state index in [1.54, 1.807) is 17.4 Å². The van der Waals surface area contributed by atoms with E-state index in [2.05, 4.69) is 5.32 Å². The van der Waals surface area contributed by atoms with Gasteiger partial charge in [-0.1, -0.05) is 6.07 Å². The topological polar surface area (TPSA) is 88.8 Å². The largest absolute Gasteiger partial charge is 0.508 e. The second-order valence-corrected chi connectivity index (χ2v) is 6.17. The van der Waals surface area contributed by atoms with Crippen LogP contribution in [0.5, 0.6) is 5.75 Å². The zero-order valence-electron chi connectivity index (χ0n) is 12.7. The van der Waals surface area contributed by atoms with Gasteiger partial charge in [0.1, 0.15) is 11.3 Å². The molecule has 0 saturated heterocycles. The number of nitrogens with one attached hydrogen (secondary N) is 1. The average molecular weight is 345 g/mol. The van der Waals surface area contributed by atoms with Gasteiger partial charge in [-0.3, -0.25) is 9.59 Å². The van der Waals surface area contributed by atoms with E-state index in [0.29, 0.717) is 17.7 Å². The summed E-state index contributed by atoms with van der Waals surface area (Å²) in [7, 11) is 0. The van der Waals surface area contributed by atoms with Gasteiger partial charge in [-0.15, -0.1) is 11.3 Å². The highest BCUT2D eigenvalue weighted by molar-refractivity contribution is 7.09. The number of hydrogen-bond donors (Lipinski definition) is 2. The van der Waals surface area contributed by atoms with E-state index in [1.165, 1.54) is 18.4 Å². The maximum absolute atomic E-state index is 11.9. The van der Waals surface area contributed by atoms with Gasteiger partial charge in [-0.05, 0) is 23.6 Å². The van der Waals surface area contributed by atoms with Gasteiger partial charge < -0.3 is 19.6 Å². The predicted octanol–water partition coefficient (Wildman–Crippen LogP) is 2.60. The number of rotatable bonds is 6. The average Bonchev–Trinajstić information content (AvgIpc) is 3.21. The van der Waals surface area contributed by atoms with Crippen LogP contribution in [0.3, 0.4) is 0 Å². The monoisotopic (exact) mass is 345 g/mol. The third-order valence-electron chi connectivity index (χ3n) is 3.38. The molecule has 1 amide bonds. The Balaban J connectivity index is 1.49. The highest BCUT2D eigenvalue weighted by Gasteiger charge is 2.13. The van der Waals surface area contributed by atoms with Crippen molar-refractivity contribution in [2.75, 3.05) is 6.61 Å². The molecule has 7 heteroatoms. The second kappa shape index (κ2) is 7.18. The molecule has 0 spiro atoms. The van der Waals surface area contributed by atoms with Crippen molar-refractivity contribution in [1.82, 2.24) is 5.32 Å². The van der Waals surface area contributed by atoms with Crippen molar-refractivity contribution in [3.63, 3.8) is 0 Å². The van der Waals surface area contributed by atoms with Crippen LogP contribution in [0.15, 0.2) is 46.4 Å². The first kappa shape index (κ1) is 16.1. The summed E-state index contributed by atoms with van der Waals surface area (Å²) in [5.41, 5.74) is 1.14. The van der Waals surface area contributed by atoms with Crippen LogP contribution in [0.4, 0.5) is 0 Å². The third kappa shape index (κ3) is 3.94. The molecule has 0 saturated carbocycles. The molecular formula is C17H15NO5S. The van der Waals surface area contributed by atoms with E-state index in [-0.39, 0.29) is 24.7 Å². The molecule has 3 rings (SSSR count). The molecule has 2 N–H and O–H groups in total. The van der Waals surface area contributed by atoms with Gasteiger partial charge in [-0.2, -0.15) is 0 Å². The molecule has 0 unspecified atom stereocenters. The van der Waals surface area contributed by atoms with Gasteiger partial charge >= 0.3 is 5.97 Å². The van der Waals surface area contributed by atoms with Crippen LogP contribution in [0.1, 0.15) is 10.4 Å². The van der Waals surface area contributed by atoms with Crippen LogP contribution in [0.25, 0.3) is 11.0 Å². The lowest BCUT2D eigenvalue weighted by Gasteiger charge is -2.05. The number of esters is 1. The summed E-state index contributed by atoms with van der Waals surface area (Å²) < 4.78 is 10.3. The number of phenolic OH excluding ortho intramolecular Hbond substituents is 1. The van der Waals surface area contributed by atoms with E-state index in [4.69, 9.17) is 9.15 Å². The number of carbonyl (C=O) groups is 2. The third-order valence-corrected chi connectivity index (χ3v) is 4.25. The number of furan rings is 1. The fourth-order valence-electron chi connectivity index (χ4n) is 2.21. The van der Waals surface area contributed by atoms with Crippen LogP contribution < -0.4 is 5.32 Å². The highest BCUT2D eigenvalue weighted by atomic mass is 32.1. The van der Waals surface area contributed by atoms with E-state index in [9.17, 15) is 14.7 Å². The van der Waals surface area contributed by atoms with Crippen LogP contribution in [0, 0.1) is 0 Å². The number of thiophene rings is 1. The number of ether oxygens (including phenoxy) is 1. The smallest absolute Gasteiger partial charge is 0.310 e. The maximum atomic E-state index is 11.9. The van der Waals surface area contributed by atoms with Gasteiger partial charge in [0.2, 0.25) is 0 Å². The first-order chi connectivity index (χ1) is 11.6. The number of fused-ring (bicyclic) bond motifs is 1. The molecular weight excluding hydrogens is 330 g/mol. The molecule has 0 bridgehead atoms. The fraction of sp³-hybridized carbons (Fsp3) is 0.176. The first-order valence-electron chi connectivity index (χ1n) is 7.25. The number of carbonyl (C=O) groups excluding carboxylic acids is 2. The Hall–Kier alpha value is -2.80. The Morgan fingerprint density at radius 2 is 2.17 bits per heavy atom. The summed E-state index contributed by atoms with van der Waals surface area (Å²) in [5, 5.41) is 14.7. The maximum Gasteiger partial charge on any atom is 0.310 e. The highest BCUT2D eigenvalue weighted by Crippen LogP contribution is 2.25. The fourth-order valence-corrected chi connectivity index (χ4v) is 2.86. The summed E-state index contributed by atoms with van der Waals surface area (Å²) in [6.07, 6.45) is 1.44. The number of amides is 1. The van der Waals surface area contributed by atoms with Crippen LogP contribution in [-0.2, 0) is 27.3 Å². The van der Waals surface area contributed by atoms with Crippen molar-refractivity contribution < 1.29 is 23.8 Å². The zero-order valence-corrected chi connectivity index (χ0v) is 13.5. The molecule has 124 valence electrons. The quantitative estimate of drug-likeness (QED) is 0.671. The Morgan fingerprint density at radius 1 is 1.29 bits per heavy atom. The number of phenols is 1. The van der Waals surface area contributed by atoms with Crippen molar-refractivity contribution in [3.05, 3.63) is 52.4 Å². The minimum atomic E-state index is -0.517. The standard InChI is InChI=1S/C17H15NO5S/c19-12-3-4-14-11(9-22-15(14)7-12)6-17(21)23-10-16(20)18-8-13-2-1-5-24-13/h1-5,7,9,19H,6,8,10H2,(H,18,20). The number of aromatic hydroxyl groups is 1. The van der Waals surface area contributed by atoms with E-state index < -0.39 is 5.97 Å². The molecule has 3 aromatic rings. The molecule has 0 atom stereocenters. The van der Waals surface area contributed by atoms with Gasteiger partial charge in [0.05, 0.1) is 19.2 Å². The summed E-state index contributed by atoms with van der Waals surface area (Å²) in [5.74, 6) is -0.774. The molecule has 0 aliphatic heterocycles. The van der Waals surface area contributed by atoms with Crippen molar-refractivity contribution in [2.24, 2.45) is 0 Å². The normalized spacial score (nSPS) is 10.7. The summed E-state index contributed by atoms with van der Waals surface area (Å²) >= 11 is 1.54. The number of benzene rings is 1.